The lowest BCUT2D eigenvalue weighted by atomic mass is 9.92. The van der Waals surface area contributed by atoms with Gasteiger partial charge in [0.1, 0.15) is 0 Å². The minimum Gasteiger partial charge on any atom is -0.435 e. The van der Waals surface area contributed by atoms with Gasteiger partial charge in [-0.2, -0.15) is 0 Å². The fourth-order valence-corrected chi connectivity index (χ4v) is 2.30. The zero-order chi connectivity index (χ0) is 12.9. The van der Waals surface area contributed by atoms with Gasteiger partial charge in [0.2, 0.25) is 5.60 Å². The Labute approximate surface area is 102 Å². The Morgan fingerprint density at radius 1 is 1.17 bits per heavy atom. The first-order valence-corrected chi connectivity index (χ1v) is 5.49. The summed E-state index contributed by atoms with van der Waals surface area (Å²) in [6.07, 6.45) is 0.238. The molecule has 2 bridgehead atoms. The van der Waals surface area contributed by atoms with Crippen molar-refractivity contribution in [1.82, 2.24) is 0 Å². The molecule has 6 nitrogen and oxygen atoms in total. The molecule has 1 aromatic rings. The molecule has 3 rings (SSSR count). The second-order valence-electron chi connectivity index (χ2n) is 4.07. The number of rotatable bonds is 1. The van der Waals surface area contributed by atoms with Gasteiger partial charge in [-0.25, -0.2) is 9.59 Å². The van der Waals surface area contributed by atoms with Crippen LogP contribution in [0.3, 0.4) is 0 Å². The van der Waals surface area contributed by atoms with E-state index in [0.29, 0.717) is 11.3 Å². The molecular weight excluding hydrogens is 238 g/mol. The van der Waals surface area contributed by atoms with Gasteiger partial charge in [0, 0.05) is 5.56 Å². The Morgan fingerprint density at radius 3 is 2.61 bits per heavy atom. The highest BCUT2D eigenvalue weighted by Crippen LogP contribution is 2.46. The number of carbonyl (C=O) groups excluding carboxylic acids is 3. The summed E-state index contributed by atoms with van der Waals surface area (Å²) in [5.74, 6) is -2.89. The molecular formula is C12H9NO5. The van der Waals surface area contributed by atoms with Crippen molar-refractivity contribution in [3.8, 4) is 0 Å². The first-order chi connectivity index (χ1) is 8.60. The molecule has 0 spiro atoms. The number of anilines is 1. The summed E-state index contributed by atoms with van der Waals surface area (Å²) in [4.78, 5) is 39.8. The van der Waals surface area contributed by atoms with Crippen LogP contribution in [0.2, 0.25) is 0 Å². The molecule has 1 amide bonds. The molecule has 1 saturated heterocycles. The van der Waals surface area contributed by atoms with Crippen LogP contribution >= 0.6 is 0 Å². The van der Waals surface area contributed by atoms with Crippen molar-refractivity contribution in [2.45, 2.75) is 18.9 Å². The summed E-state index contributed by atoms with van der Waals surface area (Å²) in [5.41, 5.74) is -0.469. The van der Waals surface area contributed by atoms with E-state index in [0.717, 1.165) is 5.06 Å². The summed E-state index contributed by atoms with van der Waals surface area (Å²) in [7, 11) is 0. The van der Waals surface area contributed by atoms with Crippen LogP contribution in [0.1, 0.15) is 18.9 Å². The molecule has 92 valence electrons. The van der Waals surface area contributed by atoms with Gasteiger partial charge in [0.25, 0.3) is 0 Å². The average Bonchev–Trinajstić information content (AvgIpc) is 2.55. The maximum Gasteiger partial charge on any atom is 0.442 e. The van der Waals surface area contributed by atoms with Gasteiger partial charge in [-0.05, 0) is 12.5 Å². The molecule has 1 unspecified atom stereocenters. The lowest BCUT2D eigenvalue weighted by molar-refractivity contribution is -0.173. The van der Waals surface area contributed by atoms with Gasteiger partial charge in [0.05, 0.1) is 5.69 Å². The minimum atomic E-state index is -1.44. The first kappa shape index (κ1) is 10.8. The minimum absolute atomic E-state index is 0.238. The number of para-hydroxylation sites is 1. The standard InChI is InChI=1S/C12H9NO5/c1-2-12-7-5-3-4-6-8(7)13(11(12)16)18-10(15)9(14)17-12/h3-6H,2H2,1H3. The van der Waals surface area contributed by atoms with Crippen LogP contribution in [-0.2, 0) is 29.6 Å². The quantitative estimate of drug-likeness (QED) is 0.538. The molecule has 18 heavy (non-hydrogen) atoms. The predicted octanol–water partition coefficient (Wildman–Crippen LogP) is 0.653. The summed E-state index contributed by atoms with van der Waals surface area (Å²) in [5, 5.41) is 0.839. The van der Waals surface area contributed by atoms with Gasteiger partial charge < -0.3 is 9.57 Å². The highest BCUT2D eigenvalue weighted by atomic mass is 16.7. The number of nitrogens with zero attached hydrogens (tertiary/aromatic N) is 1. The third-order valence-corrected chi connectivity index (χ3v) is 3.19. The smallest absolute Gasteiger partial charge is 0.435 e. The Bertz CT molecular complexity index is 582. The monoisotopic (exact) mass is 247 g/mol. The van der Waals surface area contributed by atoms with E-state index in [9.17, 15) is 14.4 Å². The van der Waals surface area contributed by atoms with Gasteiger partial charge in [-0.3, -0.25) is 4.79 Å². The Kier molecular flexibility index (Phi) is 1.98. The maximum absolute atomic E-state index is 12.3. The molecule has 2 heterocycles. The number of hydrogen-bond acceptors (Lipinski definition) is 5. The molecule has 1 aromatic carbocycles. The third kappa shape index (κ3) is 1.09. The van der Waals surface area contributed by atoms with Crippen LogP contribution in [0.15, 0.2) is 24.3 Å². The van der Waals surface area contributed by atoms with Gasteiger partial charge >= 0.3 is 17.8 Å². The van der Waals surface area contributed by atoms with Crippen molar-refractivity contribution in [2.75, 3.05) is 5.06 Å². The van der Waals surface area contributed by atoms with E-state index in [1.807, 2.05) is 0 Å². The zero-order valence-electron chi connectivity index (χ0n) is 9.50. The van der Waals surface area contributed by atoms with E-state index in [-0.39, 0.29) is 6.42 Å². The van der Waals surface area contributed by atoms with Crippen LogP contribution < -0.4 is 5.06 Å². The number of carbonyl (C=O) groups is 3. The van der Waals surface area contributed by atoms with Crippen molar-refractivity contribution in [2.24, 2.45) is 0 Å². The van der Waals surface area contributed by atoms with Gasteiger partial charge in [-0.15, -0.1) is 5.06 Å². The summed E-state index contributed by atoms with van der Waals surface area (Å²) in [6, 6.07) is 6.76. The van der Waals surface area contributed by atoms with Gasteiger partial charge in [0.15, 0.2) is 0 Å². The highest BCUT2D eigenvalue weighted by Gasteiger charge is 2.58. The summed E-state index contributed by atoms with van der Waals surface area (Å²) >= 11 is 0. The summed E-state index contributed by atoms with van der Waals surface area (Å²) < 4.78 is 5.09. The SMILES string of the molecule is CCC12OC(=O)C(=O)ON(C1=O)c1ccccc12. The average molecular weight is 247 g/mol. The Hall–Kier alpha value is -2.37. The molecule has 0 radical (unpaired) electrons. The lowest BCUT2D eigenvalue weighted by Crippen LogP contribution is -2.39. The van der Waals surface area contributed by atoms with Gasteiger partial charge in [-0.1, -0.05) is 25.1 Å². The first-order valence-electron chi connectivity index (χ1n) is 5.49. The zero-order valence-corrected chi connectivity index (χ0v) is 9.50. The number of benzene rings is 1. The molecule has 1 atom stereocenters. The second kappa shape index (κ2) is 3.32. The fourth-order valence-electron chi connectivity index (χ4n) is 2.30. The number of hydroxylamine groups is 1. The van der Waals surface area contributed by atoms with Crippen LogP contribution in [0.25, 0.3) is 0 Å². The van der Waals surface area contributed by atoms with E-state index < -0.39 is 23.4 Å². The van der Waals surface area contributed by atoms with E-state index in [1.54, 1.807) is 31.2 Å². The van der Waals surface area contributed by atoms with Crippen molar-refractivity contribution in [3.63, 3.8) is 0 Å². The Balaban J connectivity index is 2.28. The van der Waals surface area contributed by atoms with Crippen LogP contribution in [0.5, 0.6) is 0 Å². The molecule has 0 saturated carbocycles. The predicted molar refractivity (Wildman–Crippen MR) is 58.1 cm³/mol. The molecule has 6 heteroatoms. The molecule has 1 fully saturated rings. The molecule has 0 N–H and O–H groups in total. The largest absolute Gasteiger partial charge is 0.442 e. The van der Waals surface area contributed by atoms with Crippen LogP contribution in [-0.4, -0.2) is 17.8 Å². The number of ether oxygens (including phenoxy) is 1. The van der Waals surface area contributed by atoms with Crippen molar-refractivity contribution >= 4 is 23.5 Å². The molecule has 2 aliphatic heterocycles. The van der Waals surface area contributed by atoms with E-state index in [4.69, 9.17) is 9.57 Å². The maximum atomic E-state index is 12.3. The topological polar surface area (TPSA) is 72.9 Å². The Morgan fingerprint density at radius 2 is 1.89 bits per heavy atom. The van der Waals surface area contributed by atoms with E-state index in [1.165, 1.54) is 0 Å². The van der Waals surface area contributed by atoms with Crippen LogP contribution in [0, 0.1) is 0 Å². The second-order valence-corrected chi connectivity index (χ2v) is 4.07. The number of hydrogen-bond donors (Lipinski definition) is 0. The number of fused-ring (bicyclic) bond motifs is 5. The molecule has 2 aliphatic rings. The van der Waals surface area contributed by atoms with Crippen molar-refractivity contribution in [3.05, 3.63) is 29.8 Å². The normalized spacial score (nSPS) is 25.4. The van der Waals surface area contributed by atoms with Crippen molar-refractivity contribution in [1.29, 1.82) is 0 Å². The lowest BCUT2D eigenvalue weighted by Gasteiger charge is -2.23. The van der Waals surface area contributed by atoms with Crippen LogP contribution in [0.4, 0.5) is 5.69 Å². The highest BCUT2D eigenvalue weighted by molar-refractivity contribution is 6.32. The molecule has 0 aliphatic carbocycles. The van der Waals surface area contributed by atoms with E-state index in [2.05, 4.69) is 0 Å². The molecule has 0 aromatic heterocycles. The van der Waals surface area contributed by atoms with Crippen molar-refractivity contribution < 1.29 is 24.0 Å². The van der Waals surface area contributed by atoms with E-state index >= 15 is 0 Å². The third-order valence-electron chi connectivity index (χ3n) is 3.19. The number of amides is 1. The fraction of sp³-hybridized carbons (Fsp3) is 0.250. The number of esters is 1. The summed E-state index contributed by atoms with van der Waals surface area (Å²) in [6.45, 7) is 1.71.